The first kappa shape index (κ1) is 21.8. The van der Waals surface area contributed by atoms with Gasteiger partial charge in [0.15, 0.2) is 9.84 Å². The van der Waals surface area contributed by atoms with Gasteiger partial charge in [0, 0.05) is 19.0 Å². The molecule has 1 aromatic carbocycles. The molecule has 0 fully saturated rings. The Balaban J connectivity index is 1.56. The number of hydrogen-bond donors (Lipinski definition) is 1. The van der Waals surface area contributed by atoms with Crippen molar-refractivity contribution >= 4 is 27.1 Å². The van der Waals surface area contributed by atoms with Crippen LogP contribution in [0.15, 0.2) is 52.2 Å². The van der Waals surface area contributed by atoms with Crippen LogP contribution in [-0.4, -0.2) is 41.4 Å². The second-order valence-electron chi connectivity index (χ2n) is 6.66. The lowest BCUT2D eigenvalue weighted by atomic mass is 10.3. The molecule has 0 aliphatic carbocycles. The van der Waals surface area contributed by atoms with E-state index in [0.717, 1.165) is 15.6 Å². The van der Waals surface area contributed by atoms with Crippen LogP contribution < -0.4 is 10.9 Å². The molecule has 0 saturated carbocycles. The van der Waals surface area contributed by atoms with Crippen LogP contribution in [0.1, 0.15) is 17.1 Å². The van der Waals surface area contributed by atoms with Gasteiger partial charge in [-0.25, -0.2) is 18.1 Å². The maximum absolute atomic E-state index is 12.2. The van der Waals surface area contributed by atoms with Gasteiger partial charge in [-0.05, 0) is 32.0 Å². The molecule has 10 heteroatoms. The summed E-state index contributed by atoms with van der Waals surface area (Å²) in [5.41, 5.74) is 1.22. The van der Waals surface area contributed by atoms with Crippen molar-refractivity contribution in [3.8, 4) is 10.6 Å². The van der Waals surface area contributed by atoms with E-state index in [1.54, 1.807) is 24.3 Å². The number of aromatic nitrogens is 3. The average molecular weight is 447 g/mol. The molecule has 0 radical (unpaired) electrons. The maximum atomic E-state index is 12.2. The van der Waals surface area contributed by atoms with Crippen LogP contribution in [0.4, 0.5) is 0 Å². The number of aryl methyl sites for hydroxylation is 2. The van der Waals surface area contributed by atoms with E-state index >= 15 is 0 Å². The van der Waals surface area contributed by atoms with Gasteiger partial charge in [0.25, 0.3) is 5.56 Å². The van der Waals surface area contributed by atoms with Gasteiger partial charge < -0.3 is 5.32 Å². The highest BCUT2D eigenvalue weighted by Crippen LogP contribution is 2.27. The summed E-state index contributed by atoms with van der Waals surface area (Å²) < 4.78 is 25.8. The molecule has 3 aromatic rings. The lowest BCUT2D eigenvalue weighted by Crippen LogP contribution is -2.32. The van der Waals surface area contributed by atoms with E-state index in [9.17, 15) is 18.0 Å². The van der Waals surface area contributed by atoms with E-state index in [4.69, 9.17) is 0 Å². The minimum absolute atomic E-state index is 0.154. The lowest BCUT2D eigenvalue weighted by molar-refractivity contribution is -0.120. The Morgan fingerprint density at radius 1 is 1.13 bits per heavy atom. The van der Waals surface area contributed by atoms with Crippen LogP contribution in [0.2, 0.25) is 0 Å². The van der Waals surface area contributed by atoms with Crippen molar-refractivity contribution in [3.63, 3.8) is 0 Å². The van der Waals surface area contributed by atoms with Gasteiger partial charge in [-0.2, -0.15) is 5.10 Å². The molecule has 0 spiro atoms. The van der Waals surface area contributed by atoms with Gasteiger partial charge in [0.2, 0.25) is 5.91 Å². The molecule has 0 aliphatic heterocycles. The lowest BCUT2D eigenvalue weighted by Gasteiger charge is -2.08. The van der Waals surface area contributed by atoms with Gasteiger partial charge in [0.1, 0.15) is 5.69 Å². The van der Waals surface area contributed by atoms with Gasteiger partial charge >= 0.3 is 0 Å². The standard InChI is InChI=1S/C20H22N4O4S2/c1-14-20(29-15(2)22-14)17-8-9-19(26)24(23-17)12-11-21-18(25)10-13-30(27,28)16-6-4-3-5-7-16/h3-9H,10-13H2,1-2H3,(H,21,25). The Kier molecular flexibility index (Phi) is 6.78. The van der Waals surface area contributed by atoms with Crippen LogP contribution in [0.5, 0.6) is 0 Å². The number of rotatable bonds is 8. The highest BCUT2D eigenvalue weighted by Gasteiger charge is 2.16. The molecule has 2 heterocycles. The van der Waals surface area contributed by atoms with Crippen molar-refractivity contribution in [2.45, 2.75) is 31.7 Å². The summed E-state index contributed by atoms with van der Waals surface area (Å²) in [6, 6.07) is 11.1. The number of amides is 1. The molecule has 8 nitrogen and oxygen atoms in total. The molecule has 0 unspecified atom stereocenters. The Bertz CT molecular complexity index is 1200. The summed E-state index contributed by atoms with van der Waals surface area (Å²) in [5, 5.41) is 7.93. The predicted octanol–water partition coefficient (Wildman–Crippen LogP) is 1.96. The van der Waals surface area contributed by atoms with Crippen molar-refractivity contribution in [2.75, 3.05) is 12.3 Å². The normalized spacial score (nSPS) is 11.4. The number of thiazole rings is 1. The summed E-state index contributed by atoms with van der Waals surface area (Å²) in [6.45, 7) is 4.15. The largest absolute Gasteiger partial charge is 0.354 e. The smallest absolute Gasteiger partial charge is 0.266 e. The number of benzene rings is 1. The van der Waals surface area contributed by atoms with Gasteiger partial charge in [-0.3, -0.25) is 9.59 Å². The van der Waals surface area contributed by atoms with Crippen LogP contribution >= 0.6 is 11.3 Å². The summed E-state index contributed by atoms with van der Waals surface area (Å²) in [5.74, 6) is -0.673. The third-order valence-electron chi connectivity index (χ3n) is 4.35. The van der Waals surface area contributed by atoms with Gasteiger partial charge in [0.05, 0.1) is 32.8 Å². The first-order valence-corrected chi connectivity index (χ1v) is 11.8. The molecular formula is C20H22N4O4S2. The molecule has 0 aliphatic rings. The van der Waals surface area contributed by atoms with E-state index in [1.165, 1.54) is 34.2 Å². The van der Waals surface area contributed by atoms with Crippen LogP contribution in [0, 0.1) is 13.8 Å². The minimum atomic E-state index is -3.51. The molecule has 2 aromatic heterocycles. The number of hydrogen-bond acceptors (Lipinski definition) is 7. The molecule has 3 rings (SSSR count). The third kappa shape index (κ3) is 5.39. The fraction of sp³-hybridized carbons (Fsp3) is 0.300. The van der Waals surface area contributed by atoms with Crippen LogP contribution in [-0.2, 0) is 21.2 Å². The maximum Gasteiger partial charge on any atom is 0.266 e. The van der Waals surface area contributed by atoms with Gasteiger partial charge in [-0.15, -0.1) is 11.3 Å². The number of carbonyl (C=O) groups excluding carboxylic acids is 1. The number of sulfone groups is 1. The second kappa shape index (κ2) is 9.31. The monoisotopic (exact) mass is 446 g/mol. The third-order valence-corrected chi connectivity index (χ3v) is 7.18. The van der Waals surface area contributed by atoms with Crippen LogP contribution in [0.3, 0.4) is 0 Å². The van der Waals surface area contributed by atoms with Crippen LogP contribution in [0.25, 0.3) is 10.6 Å². The quantitative estimate of drug-likeness (QED) is 0.566. The molecule has 0 atom stereocenters. The molecule has 1 amide bonds. The minimum Gasteiger partial charge on any atom is -0.354 e. The zero-order valence-electron chi connectivity index (χ0n) is 16.7. The zero-order valence-corrected chi connectivity index (χ0v) is 18.3. The molecule has 0 saturated heterocycles. The van der Waals surface area contributed by atoms with E-state index < -0.39 is 15.7 Å². The molecule has 30 heavy (non-hydrogen) atoms. The first-order valence-electron chi connectivity index (χ1n) is 9.33. The number of nitrogens with one attached hydrogen (secondary N) is 1. The fourth-order valence-electron chi connectivity index (χ4n) is 2.86. The Morgan fingerprint density at radius 3 is 2.53 bits per heavy atom. The highest BCUT2D eigenvalue weighted by molar-refractivity contribution is 7.91. The van der Waals surface area contributed by atoms with Crippen molar-refractivity contribution < 1.29 is 13.2 Å². The van der Waals surface area contributed by atoms with Crippen molar-refractivity contribution in [3.05, 3.63) is 63.5 Å². The van der Waals surface area contributed by atoms with E-state index in [-0.39, 0.29) is 35.7 Å². The SMILES string of the molecule is Cc1nc(C)c(-c2ccc(=O)n(CCNC(=O)CCS(=O)(=O)c3ccccc3)n2)s1. The van der Waals surface area contributed by atoms with Crippen molar-refractivity contribution in [1.29, 1.82) is 0 Å². The molecule has 1 N–H and O–H groups in total. The zero-order chi connectivity index (χ0) is 21.7. The Labute approximate surface area is 178 Å². The fourth-order valence-corrected chi connectivity index (χ4v) is 5.01. The number of nitrogens with zero attached hydrogens (tertiary/aromatic N) is 3. The predicted molar refractivity (Wildman–Crippen MR) is 115 cm³/mol. The Hall–Kier alpha value is -2.85. The molecular weight excluding hydrogens is 424 g/mol. The van der Waals surface area contributed by atoms with Crippen molar-refractivity contribution in [1.82, 2.24) is 20.1 Å². The summed E-state index contributed by atoms with van der Waals surface area (Å²) >= 11 is 1.50. The highest BCUT2D eigenvalue weighted by atomic mass is 32.2. The average Bonchev–Trinajstić information content (AvgIpc) is 3.06. The summed E-state index contributed by atoms with van der Waals surface area (Å²) in [4.78, 5) is 29.6. The summed E-state index contributed by atoms with van der Waals surface area (Å²) in [7, 11) is -3.51. The molecule has 0 bridgehead atoms. The Morgan fingerprint density at radius 2 is 1.87 bits per heavy atom. The first-order chi connectivity index (χ1) is 14.3. The summed E-state index contributed by atoms with van der Waals surface area (Å²) in [6.07, 6.45) is -0.154. The van der Waals surface area contributed by atoms with Crippen molar-refractivity contribution in [2.24, 2.45) is 0 Å². The van der Waals surface area contributed by atoms with E-state index in [1.807, 2.05) is 13.8 Å². The van der Waals surface area contributed by atoms with E-state index in [0.29, 0.717) is 5.69 Å². The topological polar surface area (TPSA) is 111 Å². The number of carbonyl (C=O) groups is 1. The molecule has 158 valence electrons. The van der Waals surface area contributed by atoms with E-state index in [2.05, 4.69) is 15.4 Å². The van der Waals surface area contributed by atoms with Gasteiger partial charge in [-0.1, -0.05) is 18.2 Å². The second-order valence-corrected chi connectivity index (χ2v) is 9.97.